The van der Waals surface area contributed by atoms with Crippen LogP contribution < -0.4 is 25.6 Å². The van der Waals surface area contributed by atoms with Gasteiger partial charge in [0.05, 0.1) is 29.0 Å². The first kappa shape index (κ1) is 42.5. The van der Waals surface area contributed by atoms with Crippen molar-refractivity contribution in [1.82, 2.24) is 30.0 Å². The molecule has 4 amide bonds. The van der Waals surface area contributed by atoms with Gasteiger partial charge in [-0.2, -0.15) is 0 Å². The van der Waals surface area contributed by atoms with Gasteiger partial charge in [-0.25, -0.2) is 9.97 Å². The maximum Gasteiger partial charge on any atom is 0.264 e. The summed E-state index contributed by atoms with van der Waals surface area (Å²) < 4.78 is 18.8. The Morgan fingerprint density at radius 2 is 1.66 bits per heavy atom. The van der Waals surface area contributed by atoms with E-state index < -0.39 is 36.8 Å². The van der Waals surface area contributed by atoms with E-state index in [1.807, 2.05) is 24.3 Å². The number of piperidine rings is 2. The number of fused-ring (bicyclic) bond motifs is 1. The van der Waals surface area contributed by atoms with Gasteiger partial charge < -0.3 is 19.5 Å². The molecular weight excluding hydrogens is 815 g/mol. The molecule has 1 aromatic heterocycles. The molecule has 0 saturated carbocycles. The first-order chi connectivity index (χ1) is 29.4. The molecule has 61 heavy (non-hydrogen) atoms. The number of aromatic nitrogens is 2. The van der Waals surface area contributed by atoms with E-state index in [4.69, 9.17) is 21.3 Å². The molecule has 16 heteroatoms. The summed E-state index contributed by atoms with van der Waals surface area (Å²) >= 11 is 6.57. The Morgan fingerprint density at radius 1 is 0.885 bits per heavy atom. The number of hydrogen-bond acceptors (Lipinski definition) is 12. The quantitative estimate of drug-likeness (QED) is 0.142. The van der Waals surface area contributed by atoms with Crippen molar-refractivity contribution in [2.75, 3.05) is 83.0 Å². The number of nitrogens with one attached hydrogen (secondary N) is 2. The van der Waals surface area contributed by atoms with Crippen LogP contribution in [0.3, 0.4) is 0 Å². The van der Waals surface area contributed by atoms with Crippen molar-refractivity contribution < 1.29 is 28.5 Å². The maximum absolute atomic E-state index is 13.5. The molecule has 1 unspecified atom stereocenters. The average molecular weight is 867 g/mol. The van der Waals surface area contributed by atoms with E-state index in [0.717, 1.165) is 91.4 Å². The minimum absolute atomic E-state index is 0.0843. The molecule has 3 fully saturated rings. The van der Waals surface area contributed by atoms with Crippen molar-refractivity contribution >= 4 is 59.1 Å². The summed E-state index contributed by atoms with van der Waals surface area (Å²) in [5, 5.41) is 6.95. The van der Waals surface area contributed by atoms with Crippen molar-refractivity contribution in [3.8, 4) is 5.75 Å². The fraction of sp³-hybridized carbons (Fsp3) is 0.422. The van der Waals surface area contributed by atoms with Crippen LogP contribution >= 0.6 is 18.7 Å². The number of anilines is 2. The number of carbonyl (C=O) groups excluding carboxylic acids is 4. The highest BCUT2D eigenvalue weighted by Gasteiger charge is 2.45. The molecule has 0 radical (unpaired) electrons. The summed E-state index contributed by atoms with van der Waals surface area (Å²) in [6, 6.07) is 18.8. The Bertz CT molecular complexity index is 2390. The maximum atomic E-state index is 13.5. The summed E-state index contributed by atoms with van der Waals surface area (Å²) in [4.78, 5) is 68.7. The number of piperazine rings is 1. The lowest BCUT2D eigenvalue weighted by atomic mass is 10.0. The van der Waals surface area contributed by atoms with Crippen LogP contribution in [0.25, 0.3) is 0 Å². The van der Waals surface area contributed by atoms with Crippen LogP contribution in [0.15, 0.2) is 66.9 Å². The number of nitrogens with zero attached hydrogens (tertiary/aromatic N) is 6. The first-order valence-corrected chi connectivity index (χ1v) is 24.0. The predicted octanol–water partition coefficient (Wildman–Crippen LogP) is 4.67. The monoisotopic (exact) mass is 866 g/mol. The minimum atomic E-state index is -2.48. The molecule has 0 bridgehead atoms. The van der Waals surface area contributed by atoms with Crippen LogP contribution in [0.5, 0.6) is 5.75 Å². The standard InChI is InChI=1S/C45H52ClN8O6P/c1-60-38-27-32(12-11-29(38)26-40-48-28-34(46)36(49-40)25-30-7-4-5-10-39(30)61(2,3)59)52-18-15-31(16-19-52)53-23-21-51(22-24-53)20-17-47-35-9-6-8-33-42(35)45(58)54(44(33)57)37-13-14-41(55)50-43(37)56/h4-12,27-28,31,37,47H,13-26H2,1-3H3,(H,50,55,56). The SMILES string of the molecule is COc1cc(N2CCC(N3CCN(CCNc4cccc5c4C(=O)N(C4CCC(=O)NC4=O)C5=O)CC3)CC2)ccc1Cc1ncc(Cl)c(Cc2ccccc2P(C)(C)=O)n1. The summed E-state index contributed by atoms with van der Waals surface area (Å²) in [6.07, 6.45) is 4.96. The second kappa shape index (κ2) is 18.1. The Labute approximate surface area is 361 Å². The minimum Gasteiger partial charge on any atom is -0.496 e. The van der Waals surface area contributed by atoms with Crippen molar-refractivity contribution in [1.29, 1.82) is 0 Å². The van der Waals surface area contributed by atoms with E-state index >= 15 is 0 Å². The summed E-state index contributed by atoms with van der Waals surface area (Å²) in [6.45, 7) is 10.7. The molecule has 320 valence electrons. The van der Waals surface area contributed by atoms with Crippen LogP contribution in [0.2, 0.25) is 5.02 Å². The van der Waals surface area contributed by atoms with E-state index in [0.29, 0.717) is 47.7 Å². The third-order valence-electron chi connectivity index (χ3n) is 12.4. The van der Waals surface area contributed by atoms with Crippen LogP contribution in [0.4, 0.5) is 11.4 Å². The second-order valence-electron chi connectivity index (χ2n) is 16.6. The number of ether oxygens (including phenoxy) is 1. The molecule has 14 nitrogen and oxygen atoms in total. The van der Waals surface area contributed by atoms with Crippen molar-refractivity contribution in [3.63, 3.8) is 0 Å². The molecular formula is C45H52ClN8O6P. The number of hydrogen-bond donors (Lipinski definition) is 2. The van der Waals surface area contributed by atoms with Crippen LogP contribution in [-0.2, 0) is 27.0 Å². The van der Waals surface area contributed by atoms with Gasteiger partial charge in [0.15, 0.2) is 0 Å². The highest BCUT2D eigenvalue weighted by molar-refractivity contribution is 7.70. The zero-order valence-electron chi connectivity index (χ0n) is 34.9. The van der Waals surface area contributed by atoms with Gasteiger partial charge in [-0.05, 0) is 56.4 Å². The van der Waals surface area contributed by atoms with Crippen LogP contribution in [0, 0.1) is 0 Å². The lowest BCUT2D eigenvalue weighted by molar-refractivity contribution is -0.136. The number of rotatable bonds is 13. The van der Waals surface area contributed by atoms with E-state index in [2.05, 4.69) is 48.5 Å². The van der Waals surface area contributed by atoms with Gasteiger partial charge in [0, 0.05) is 112 Å². The summed E-state index contributed by atoms with van der Waals surface area (Å²) in [5.74, 6) is -0.585. The number of carbonyl (C=O) groups is 4. The van der Waals surface area contributed by atoms with E-state index in [1.165, 1.54) is 0 Å². The van der Waals surface area contributed by atoms with Crippen molar-refractivity contribution in [3.05, 3.63) is 106 Å². The third kappa shape index (κ3) is 9.23. The molecule has 4 aromatic rings. The molecule has 8 rings (SSSR count). The van der Waals surface area contributed by atoms with Crippen molar-refractivity contribution in [2.45, 2.75) is 50.6 Å². The Kier molecular flexibility index (Phi) is 12.6. The van der Waals surface area contributed by atoms with Gasteiger partial charge in [0.1, 0.15) is 24.8 Å². The van der Waals surface area contributed by atoms with Gasteiger partial charge in [-0.15, -0.1) is 0 Å². The van der Waals surface area contributed by atoms with E-state index in [-0.39, 0.29) is 24.0 Å². The molecule has 3 aromatic carbocycles. The summed E-state index contributed by atoms with van der Waals surface area (Å²) in [7, 11) is -0.785. The van der Waals surface area contributed by atoms with Gasteiger partial charge in [0.2, 0.25) is 11.8 Å². The molecule has 4 aliphatic heterocycles. The average Bonchev–Trinajstić information content (AvgIpc) is 3.51. The Hall–Kier alpha value is -5.14. The van der Waals surface area contributed by atoms with Gasteiger partial charge in [-0.1, -0.05) is 48.0 Å². The molecule has 2 N–H and O–H groups in total. The van der Waals surface area contributed by atoms with Crippen LogP contribution in [-0.4, -0.2) is 133 Å². The fourth-order valence-electron chi connectivity index (χ4n) is 9.12. The highest BCUT2D eigenvalue weighted by atomic mass is 35.5. The lowest BCUT2D eigenvalue weighted by Gasteiger charge is -2.43. The Morgan fingerprint density at radius 3 is 2.39 bits per heavy atom. The normalized spacial score (nSPS) is 19.3. The molecule has 4 aliphatic rings. The third-order valence-corrected chi connectivity index (χ3v) is 14.3. The Balaban J connectivity index is 0.807. The molecule has 3 saturated heterocycles. The topological polar surface area (TPSA) is 157 Å². The number of methoxy groups -OCH3 is 1. The van der Waals surface area contributed by atoms with Gasteiger partial charge >= 0.3 is 0 Å². The second-order valence-corrected chi connectivity index (χ2v) is 20.2. The zero-order valence-corrected chi connectivity index (χ0v) is 36.5. The smallest absolute Gasteiger partial charge is 0.264 e. The van der Waals surface area contributed by atoms with Crippen LogP contribution in [0.1, 0.15) is 69.0 Å². The number of amides is 4. The first-order valence-electron chi connectivity index (χ1n) is 21.0. The molecule has 0 spiro atoms. The van der Waals surface area contributed by atoms with Gasteiger partial charge in [0.25, 0.3) is 11.8 Å². The number of halogens is 1. The largest absolute Gasteiger partial charge is 0.496 e. The predicted molar refractivity (Wildman–Crippen MR) is 236 cm³/mol. The molecule has 5 heterocycles. The van der Waals surface area contributed by atoms with Gasteiger partial charge in [-0.3, -0.25) is 39.2 Å². The van der Waals surface area contributed by atoms with E-state index in [1.54, 1.807) is 44.8 Å². The van der Waals surface area contributed by atoms with Crippen molar-refractivity contribution in [2.24, 2.45) is 0 Å². The molecule has 0 aliphatic carbocycles. The number of imide groups is 2. The van der Waals surface area contributed by atoms with E-state index in [9.17, 15) is 23.7 Å². The fourth-order valence-corrected chi connectivity index (χ4v) is 10.6. The number of benzene rings is 3. The molecule has 1 atom stereocenters. The summed E-state index contributed by atoms with van der Waals surface area (Å²) in [5.41, 5.74) is 4.92. The highest BCUT2D eigenvalue weighted by Crippen LogP contribution is 2.37. The zero-order chi connectivity index (χ0) is 42.8. The lowest BCUT2D eigenvalue weighted by Crippen LogP contribution is -2.54.